The first-order chi connectivity index (χ1) is 10.5. The van der Waals surface area contributed by atoms with Crippen LogP contribution in [0.5, 0.6) is 11.5 Å². The summed E-state index contributed by atoms with van der Waals surface area (Å²) in [4.78, 5) is 11.9. The highest BCUT2D eigenvalue weighted by molar-refractivity contribution is 6.31. The number of anilines is 1. The predicted molar refractivity (Wildman–Crippen MR) is 83.3 cm³/mol. The van der Waals surface area contributed by atoms with Crippen molar-refractivity contribution in [2.24, 2.45) is 0 Å². The molecule has 0 fully saturated rings. The Morgan fingerprint density at radius 2 is 2.09 bits per heavy atom. The van der Waals surface area contributed by atoms with E-state index in [1.54, 1.807) is 18.2 Å². The van der Waals surface area contributed by atoms with Gasteiger partial charge in [-0.05, 0) is 30.7 Å². The number of hydrogen-bond acceptors (Lipinski definition) is 3. The van der Waals surface area contributed by atoms with Crippen LogP contribution in [0.2, 0.25) is 5.02 Å². The van der Waals surface area contributed by atoms with Gasteiger partial charge in [-0.3, -0.25) is 4.79 Å². The Kier molecular flexibility index (Phi) is 5.22. The van der Waals surface area contributed by atoms with Crippen molar-refractivity contribution in [2.75, 3.05) is 19.0 Å². The van der Waals surface area contributed by atoms with Crippen molar-refractivity contribution in [1.82, 2.24) is 0 Å². The van der Waals surface area contributed by atoms with Gasteiger partial charge in [0.2, 0.25) is 0 Å². The van der Waals surface area contributed by atoms with Gasteiger partial charge in [-0.25, -0.2) is 4.39 Å². The van der Waals surface area contributed by atoms with Gasteiger partial charge >= 0.3 is 0 Å². The van der Waals surface area contributed by atoms with E-state index in [9.17, 15) is 9.18 Å². The van der Waals surface area contributed by atoms with Gasteiger partial charge in [0.1, 0.15) is 17.3 Å². The predicted octanol–water partition coefficient (Wildman–Crippen LogP) is 3.81. The maximum Gasteiger partial charge on any atom is 0.262 e. The Balaban J connectivity index is 2.01. The second-order valence-corrected chi connectivity index (χ2v) is 5.00. The number of carbonyl (C=O) groups is 1. The van der Waals surface area contributed by atoms with E-state index >= 15 is 0 Å². The molecule has 4 nitrogen and oxygen atoms in total. The fraction of sp³-hybridized carbons (Fsp3) is 0.188. The lowest BCUT2D eigenvalue weighted by Gasteiger charge is -2.12. The smallest absolute Gasteiger partial charge is 0.262 e. The van der Waals surface area contributed by atoms with Gasteiger partial charge in [0, 0.05) is 17.2 Å². The third-order valence-corrected chi connectivity index (χ3v) is 3.33. The number of nitrogens with one attached hydrogen (secondary N) is 1. The lowest BCUT2D eigenvalue weighted by Crippen LogP contribution is -2.20. The molecule has 0 bridgehead atoms. The van der Waals surface area contributed by atoms with Crippen LogP contribution in [-0.4, -0.2) is 19.6 Å². The SMILES string of the molecule is COc1cc(Cl)c(C)cc1NC(=O)COc1cccc(F)c1. The topological polar surface area (TPSA) is 47.6 Å². The zero-order chi connectivity index (χ0) is 16.1. The average molecular weight is 324 g/mol. The summed E-state index contributed by atoms with van der Waals surface area (Å²) in [5.74, 6) is -0.0682. The highest BCUT2D eigenvalue weighted by Crippen LogP contribution is 2.30. The molecule has 22 heavy (non-hydrogen) atoms. The van der Waals surface area contributed by atoms with Crippen molar-refractivity contribution in [2.45, 2.75) is 6.92 Å². The quantitative estimate of drug-likeness (QED) is 0.910. The first kappa shape index (κ1) is 16.1. The van der Waals surface area contributed by atoms with Crippen LogP contribution in [-0.2, 0) is 4.79 Å². The van der Waals surface area contributed by atoms with Gasteiger partial charge in [0.25, 0.3) is 5.91 Å². The molecular formula is C16H15ClFNO3. The maximum atomic E-state index is 13.0. The molecule has 0 aliphatic heterocycles. The number of hydrogen-bond donors (Lipinski definition) is 1. The Morgan fingerprint density at radius 3 is 2.77 bits per heavy atom. The second kappa shape index (κ2) is 7.13. The minimum Gasteiger partial charge on any atom is -0.495 e. The molecule has 0 atom stereocenters. The molecule has 0 saturated heterocycles. The third kappa shape index (κ3) is 4.11. The summed E-state index contributed by atoms with van der Waals surface area (Å²) in [6.07, 6.45) is 0. The van der Waals surface area contributed by atoms with Gasteiger partial charge in [-0.15, -0.1) is 0 Å². The van der Waals surface area contributed by atoms with Gasteiger partial charge in [0.05, 0.1) is 12.8 Å². The first-order valence-corrected chi connectivity index (χ1v) is 6.89. The van der Waals surface area contributed by atoms with Gasteiger partial charge in [-0.2, -0.15) is 0 Å². The van der Waals surface area contributed by atoms with Crippen LogP contribution < -0.4 is 14.8 Å². The van der Waals surface area contributed by atoms with Crippen LogP contribution >= 0.6 is 11.6 Å². The van der Waals surface area contributed by atoms with Gasteiger partial charge < -0.3 is 14.8 Å². The van der Waals surface area contributed by atoms with E-state index in [4.69, 9.17) is 21.1 Å². The van der Waals surface area contributed by atoms with Crippen LogP contribution in [0.4, 0.5) is 10.1 Å². The molecule has 1 amide bonds. The summed E-state index contributed by atoms with van der Waals surface area (Å²) in [6.45, 7) is 1.58. The van der Waals surface area contributed by atoms with E-state index < -0.39 is 5.82 Å². The largest absolute Gasteiger partial charge is 0.495 e. The minimum atomic E-state index is -0.423. The normalized spacial score (nSPS) is 10.2. The van der Waals surface area contributed by atoms with E-state index in [0.717, 1.165) is 5.56 Å². The molecular weight excluding hydrogens is 309 g/mol. The third-order valence-electron chi connectivity index (χ3n) is 2.92. The fourth-order valence-corrected chi connectivity index (χ4v) is 1.98. The maximum absolute atomic E-state index is 13.0. The molecule has 0 saturated carbocycles. The number of aryl methyl sites for hydroxylation is 1. The molecule has 2 aromatic rings. The number of benzene rings is 2. The highest BCUT2D eigenvalue weighted by atomic mass is 35.5. The number of amides is 1. The number of methoxy groups -OCH3 is 1. The minimum absolute atomic E-state index is 0.242. The molecule has 2 rings (SSSR count). The second-order valence-electron chi connectivity index (χ2n) is 4.60. The summed E-state index contributed by atoms with van der Waals surface area (Å²) in [7, 11) is 1.49. The van der Waals surface area contributed by atoms with Crippen molar-refractivity contribution >= 4 is 23.2 Å². The molecule has 116 valence electrons. The molecule has 0 aromatic heterocycles. The van der Waals surface area contributed by atoms with E-state index in [-0.39, 0.29) is 18.3 Å². The summed E-state index contributed by atoms with van der Waals surface area (Å²) >= 11 is 6.00. The number of halogens is 2. The van der Waals surface area contributed by atoms with Crippen molar-refractivity contribution in [3.05, 3.63) is 52.8 Å². The van der Waals surface area contributed by atoms with Crippen LogP contribution in [0.3, 0.4) is 0 Å². The summed E-state index contributed by atoms with van der Waals surface area (Å²) in [5, 5.41) is 3.22. The van der Waals surface area contributed by atoms with Crippen molar-refractivity contribution in [3.63, 3.8) is 0 Å². The van der Waals surface area contributed by atoms with Crippen LogP contribution in [0.15, 0.2) is 36.4 Å². The number of ether oxygens (including phenoxy) is 2. The summed E-state index contributed by atoms with van der Waals surface area (Å²) < 4.78 is 23.4. The summed E-state index contributed by atoms with van der Waals surface area (Å²) in [6, 6.07) is 8.92. The Morgan fingerprint density at radius 1 is 1.32 bits per heavy atom. The van der Waals surface area contributed by atoms with Crippen molar-refractivity contribution in [1.29, 1.82) is 0 Å². The number of carbonyl (C=O) groups excluding carboxylic acids is 1. The van der Waals surface area contributed by atoms with Crippen LogP contribution in [0, 0.1) is 12.7 Å². The molecule has 1 N–H and O–H groups in total. The van der Waals surface area contributed by atoms with E-state index in [0.29, 0.717) is 16.5 Å². The zero-order valence-corrected chi connectivity index (χ0v) is 12.9. The van der Waals surface area contributed by atoms with Gasteiger partial charge in [-0.1, -0.05) is 17.7 Å². The molecule has 6 heteroatoms. The number of rotatable bonds is 5. The van der Waals surface area contributed by atoms with Crippen LogP contribution in [0.25, 0.3) is 0 Å². The van der Waals surface area contributed by atoms with Crippen LogP contribution in [0.1, 0.15) is 5.56 Å². The Bertz CT molecular complexity index is 691. The fourth-order valence-electron chi connectivity index (χ4n) is 1.82. The molecule has 0 radical (unpaired) electrons. The monoisotopic (exact) mass is 323 g/mol. The van der Waals surface area contributed by atoms with Gasteiger partial charge in [0.15, 0.2) is 6.61 Å². The Hall–Kier alpha value is -2.27. The molecule has 0 heterocycles. The van der Waals surface area contributed by atoms with Crippen molar-refractivity contribution < 1.29 is 18.7 Å². The van der Waals surface area contributed by atoms with E-state index in [1.807, 2.05) is 6.92 Å². The van der Waals surface area contributed by atoms with Crippen molar-refractivity contribution in [3.8, 4) is 11.5 Å². The average Bonchev–Trinajstić information content (AvgIpc) is 2.49. The molecule has 0 aliphatic rings. The summed E-state index contributed by atoms with van der Waals surface area (Å²) in [5.41, 5.74) is 1.31. The van der Waals surface area contributed by atoms with E-state index in [1.165, 1.54) is 25.3 Å². The molecule has 0 unspecified atom stereocenters. The highest BCUT2D eigenvalue weighted by Gasteiger charge is 2.11. The lowest BCUT2D eigenvalue weighted by molar-refractivity contribution is -0.118. The Labute approximate surface area is 132 Å². The standard InChI is InChI=1S/C16H15ClFNO3/c1-10-6-14(15(21-2)8-13(10)17)19-16(20)9-22-12-5-3-4-11(18)7-12/h3-8H,9H2,1-2H3,(H,19,20). The molecule has 2 aromatic carbocycles. The molecule has 0 aliphatic carbocycles. The molecule has 0 spiro atoms. The van der Waals surface area contributed by atoms with E-state index in [2.05, 4.69) is 5.32 Å². The zero-order valence-electron chi connectivity index (χ0n) is 12.2. The lowest BCUT2D eigenvalue weighted by atomic mass is 10.2. The first-order valence-electron chi connectivity index (χ1n) is 6.52.